The van der Waals surface area contributed by atoms with E-state index < -0.39 is 0 Å². The van der Waals surface area contributed by atoms with Crippen molar-refractivity contribution in [2.24, 2.45) is 0 Å². The molecule has 6 nitrogen and oxygen atoms in total. The van der Waals surface area contributed by atoms with Crippen LogP contribution >= 0.6 is 0 Å². The van der Waals surface area contributed by atoms with Gasteiger partial charge in [-0.1, -0.05) is 30.3 Å². The van der Waals surface area contributed by atoms with Crippen LogP contribution in [0.1, 0.15) is 30.5 Å². The van der Waals surface area contributed by atoms with Crippen LogP contribution < -0.4 is 9.80 Å². The molecule has 2 aliphatic rings. The summed E-state index contributed by atoms with van der Waals surface area (Å²) in [5.41, 5.74) is 3.69. The van der Waals surface area contributed by atoms with E-state index in [-0.39, 0.29) is 5.41 Å². The van der Waals surface area contributed by atoms with Crippen LogP contribution in [-0.2, 0) is 11.8 Å². The van der Waals surface area contributed by atoms with Gasteiger partial charge in [0.1, 0.15) is 0 Å². The lowest BCUT2D eigenvalue weighted by Gasteiger charge is -2.41. The Bertz CT molecular complexity index is 1010. The lowest BCUT2D eigenvalue weighted by Crippen LogP contribution is -2.46. The highest BCUT2D eigenvalue weighted by molar-refractivity contribution is 5.62. The molecule has 0 N–H and O–H groups in total. The second kappa shape index (κ2) is 7.10. The highest BCUT2D eigenvalue weighted by atomic mass is 15.3. The summed E-state index contributed by atoms with van der Waals surface area (Å²) in [6, 6.07) is 10.3. The summed E-state index contributed by atoms with van der Waals surface area (Å²) in [4.78, 5) is 23.5. The summed E-state index contributed by atoms with van der Waals surface area (Å²) < 4.78 is 0. The molecule has 5 rings (SSSR count). The number of hydrogen-bond acceptors (Lipinski definition) is 6. The lowest BCUT2D eigenvalue weighted by molar-refractivity contribution is 0.333. The van der Waals surface area contributed by atoms with E-state index in [1.165, 1.54) is 17.7 Å². The first-order chi connectivity index (χ1) is 14.2. The van der Waals surface area contributed by atoms with Gasteiger partial charge in [0.15, 0.2) is 17.5 Å². The fraction of sp³-hybridized carbons (Fsp3) is 0.391. The predicted octanol–water partition coefficient (Wildman–Crippen LogP) is 3.48. The third-order valence-corrected chi connectivity index (χ3v) is 6.23. The van der Waals surface area contributed by atoms with Gasteiger partial charge in [-0.3, -0.25) is 0 Å². The summed E-state index contributed by atoms with van der Waals surface area (Å²) in [6.45, 7) is 1.94. The fourth-order valence-corrected chi connectivity index (χ4v) is 4.84. The van der Waals surface area contributed by atoms with Crippen LogP contribution in [0.4, 0.5) is 11.6 Å². The molecule has 1 aliphatic heterocycles. The van der Waals surface area contributed by atoms with Crippen LogP contribution in [0.25, 0.3) is 11.4 Å². The summed E-state index contributed by atoms with van der Waals surface area (Å²) >= 11 is 0. The average molecular weight is 387 g/mol. The van der Waals surface area contributed by atoms with Gasteiger partial charge in [0.25, 0.3) is 0 Å². The van der Waals surface area contributed by atoms with E-state index in [4.69, 9.17) is 4.98 Å². The second-order valence-electron chi connectivity index (χ2n) is 8.34. The molecule has 1 unspecified atom stereocenters. The first-order valence-corrected chi connectivity index (χ1v) is 10.3. The first-order valence-electron chi connectivity index (χ1n) is 10.3. The molecule has 1 atom stereocenters. The monoisotopic (exact) mass is 386 g/mol. The second-order valence-corrected chi connectivity index (χ2v) is 8.34. The molecule has 6 heteroatoms. The quantitative estimate of drug-likeness (QED) is 0.687. The number of fused-ring (bicyclic) bond motifs is 2. The minimum Gasteiger partial charge on any atom is -0.360 e. The fourth-order valence-electron chi connectivity index (χ4n) is 4.84. The van der Waals surface area contributed by atoms with Crippen molar-refractivity contribution in [1.29, 1.82) is 0 Å². The van der Waals surface area contributed by atoms with Crippen molar-refractivity contribution < 1.29 is 0 Å². The van der Waals surface area contributed by atoms with Crippen LogP contribution in [-0.4, -0.2) is 47.1 Å². The molecule has 3 heterocycles. The van der Waals surface area contributed by atoms with E-state index in [9.17, 15) is 0 Å². The van der Waals surface area contributed by atoms with Gasteiger partial charge in [0.05, 0.1) is 5.69 Å². The Morgan fingerprint density at radius 1 is 1.00 bits per heavy atom. The van der Waals surface area contributed by atoms with Gasteiger partial charge in [-0.25, -0.2) is 19.9 Å². The van der Waals surface area contributed by atoms with Crippen molar-refractivity contribution in [1.82, 2.24) is 19.9 Å². The summed E-state index contributed by atoms with van der Waals surface area (Å²) in [5.74, 6) is 2.73. The zero-order chi connectivity index (χ0) is 19.8. The molecule has 1 aromatic carbocycles. The van der Waals surface area contributed by atoms with Gasteiger partial charge >= 0.3 is 0 Å². The van der Waals surface area contributed by atoms with E-state index in [0.717, 1.165) is 55.4 Å². The standard InChI is InChI=1S/C23H26N6/c1-28(2)21-22(25-13-12-24-21)29-14-6-10-23(16-29)11-9-18-15-26-20(27-19(18)23)17-7-4-3-5-8-17/h3-5,7-8,12-13,15H,6,9-11,14,16H2,1-2H3. The molecule has 148 valence electrons. The molecule has 0 amide bonds. The minimum atomic E-state index is 0.0706. The Morgan fingerprint density at radius 3 is 2.66 bits per heavy atom. The lowest BCUT2D eigenvalue weighted by atomic mass is 9.77. The smallest absolute Gasteiger partial charge is 0.171 e. The van der Waals surface area contributed by atoms with Crippen LogP contribution in [0, 0.1) is 0 Å². The minimum absolute atomic E-state index is 0.0706. The number of rotatable bonds is 3. The van der Waals surface area contributed by atoms with E-state index in [2.05, 4.69) is 32.0 Å². The Kier molecular flexibility index (Phi) is 4.42. The highest BCUT2D eigenvalue weighted by Gasteiger charge is 2.44. The van der Waals surface area contributed by atoms with Gasteiger partial charge in [0.2, 0.25) is 0 Å². The normalized spacial score (nSPS) is 20.7. The zero-order valence-electron chi connectivity index (χ0n) is 17.0. The molecule has 0 saturated carbocycles. The summed E-state index contributed by atoms with van der Waals surface area (Å²) in [6.07, 6.45) is 10.1. The number of piperidine rings is 1. The SMILES string of the molecule is CN(C)c1nccnc1N1CCCC2(CCc3cnc(-c4ccccc4)nc32)C1. The third-order valence-electron chi connectivity index (χ3n) is 6.23. The Labute approximate surface area is 171 Å². The molecule has 1 fully saturated rings. The number of hydrogen-bond donors (Lipinski definition) is 0. The van der Waals surface area contributed by atoms with Crippen LogP contribution in [0.3, 0.4) is 0 Å². The number of nitrogens with zero attached hydrogens (tertiary/aromatic N) is 6. The van der Waals surface area contributed by atoms with E-state index in [1.807, 2.05) is 43.4 Å². The Morgan fingerprint density at radius 2 is 1.83 bits per heavy atom. The number of aryl methyl sites for hydroxylation is 1. The molecular weight excluding hydrogens is 360 g/mol. The predicted molar refractivity (Wildman–Crippen MR) is 115 cm³/mol. The van der Waals surface area contributed by atoms with Gasteiger partial charge in [-0.05, 0) is 31.2 Å². The number of aromatic nitrogens is 4. The zero-order valence-corrected chi connectivity index (χ0v) is 17.0. The van der Waals surface area contributed by atoms with E-state index in [0.29, 0.717) is 0 Å². The van der Waals surface area contributed by atoms with Crippen molar-refractivity contribution in [3.05, 3.63) is 60.2 Å². The molecule has 2 aromatic heterocycles. The van der Waals surface area contributed by atoms with Crippen molar-refractivity contribution in [3.63, 3.8) is 0 Å². The van der Waals surface area contributed by atoms with Gasteiger partial charge in [-0.15, -0.1) is 0 Å². The maximum Gasteiger partial charge on any atom is 0.171 e. The van der Waals surface area contributed by atoms with Gasteiger partial charge in [-0.2, -0.15) is 0 Å². The molecule has 0 bridgehead atoms. The van der Waals surface area contributed by atoms with Crippen molar-refractivity contribution >= 4 is 11.6 Å². The van der Waals surface area contributed by atoms with E-state index in [1.54, 1.807) is 12.4 Å². The summed E-state index contributed by atoms with van der Waals surface area (Å²) in [7, 11) is 4.05. The highest BCUT2D eigenvalue weighted by Crippen LogP contribution is 2.45. The molecular formula is C23H26N6. The molecule has 1 saturated heterocycles. The molecule has 1 spiro atoms. The van der Waals surface area contributed by atoms with Crippen LogP contribution in [0.15, 0.2) is 48.9 Å². The van der Waals surface area contributed by atoms with Crippen molar-refractivity contribution in [2.45, 2.75) is 31.1 Å². The third kappa shape index (κ3) is 3.12. The topological polar surface area (TPSA) is 58.0 Å². The van der Waals surface area contributed by atoms with Crippen LogP contribution in [0.2, 0.25) is 0 Å². The summed E-state index contributed by atoms with van der Waals surface area (Å²) in [5, 5.41) is 0. The van der Waals surface area contributed by atoms with Crippen LogP contribution in [0.5, 0.6) is 0 Å². The number of anilines is 2. The van der Waals surface area contributed by atoms with Crippen molar-refractivity contribution in [3.8, 4) is 11.4 Å². The molecule has 1 aliphatic carbocycles. The molecule has 0 radical (unpaired) electrons. The molecule has 29 heavy (non-hydrogen) atoms. The maximum absolute atomic E-state index is 5.10. The largest absolute Gasteiger partial charge is 0.360 e. The molecule has 3 aromatic rings. The first kappa shape index (κ1) is 18.0. The van der Waals surface area contributed by atoms with E-state index >= 15 is 0 Å². The Hall–Kier alpha value is -3.02. The Balaban J connectivity index is 1.52. The number of benzene rings is 1. The van der Waals surface area contributed by atoms with Crippen molar-refractivity contribution in [2.75, 3.05) is 37.0 Å². The van der Waals surface area contributed by atoms with Gasteiger partial charge < -0.3 is 9.80 Å². The average Bonchev–Trinajstić information content (AvgIpc) is 3.11. The van der Waals surface area contributed by atoms with Gasteiger partial charge in [0, 0.05) is 56.8 Å². The maximum atomic E-state index is 5.10.